The van der Waals surface area contributed by atoms with Gasteiger partial charge in [-0.3, -0.25) is 0 Å². The number of rotatable bonds is 2. The molecule has 3 rings (SSSR count). The summed E-state index contributed by atoms with van der Waals surface area (Å²) in [6.45, 7) is -0.366. The van der Waals surface area contributed by atoms with Gasteiger partial charge in [-0.25, -0.2) is 14.6 Å². The molecule has 0 aromatic carbocycles. The van der Waals surface area contributed by atoms with E-state index in [2.05, 4.69) is 15.1 Å². The number of aliphatic hydroxyl groups is 3. The van der Waals surface area contributed by atoms with Crippen molar-refractivity contribution in [3.8, 4) is 0 Å². The van der Waals surface area contributed by atoms with Gasteiger partial charge in [0.1, 0.15) is 24.6 Å². The second-order valence-electron chi connectivity index (χ2n) is 4.14. The Morgan fingerprint density at radius 2 is 2.17 bits per heavy atom. The Kier molecular flexibility index (Phi) is 2.71. The van der Waals surface area contributed by atoms with Crippen LogP contribution in [-0.4, -0.2) is 60.0 Å². The molecule has 0 bridgehead atoms. The minimum absolute atomic E-state index is 0.366. The van der Waals surface area contributed by atoms with Crippen LogP contribution < -0.4 is 0 Å². The van der Waals surface area contributed by atoms with Crippen LogP contribution in [0.4, 0.5) is 0 Å². The summed E-state index contributed by atoms with van der Waals surface area (Å²) in [5.41, 5.74) is 0.475. The van der Waals surface area contributed by atoms with Crippen LogP contribution in [0.15, 0.2) is 18.7 Å². The van der Waals surface area contributed by atoms with Crippen molar-refractivity contribution in [3.63, 3.8) is 0 Å². The van der Waals surface area contributed by atoms with Gasteiger partial charge in [-0.1, -0.05) is 0 Å². The van der Waals surface area contributed by atoms with Crippen LogP contribution in [0.3, 0.4) is 0 Å². The van der Waals surface area contributed by atoms with E-state index in [4.69, 9.17) is 9.84 Å². The zero-order valence-corrected chi connectivity index (χ0v) is 9.29. The number of aliphatic hydroxyl groups excluding tert-OH is 3. The number of hydrogen-bond donors (Lipinski definition) is 3. The lowest BCUT2D eigenvalue weighted by Crippen LogP contribution is -2.33. The van der Waals surface area contributed by atoms with E-state index in [1.54, 1.807) is 12.4 Å². The minimum atomic E-state index is -1.15. The van der Waals surface area contributed by atoms with Crippen molar-refractivity contribution in [3.05, 3.63) is 18.7 Å². The lowest BCUT2D eigenvalue weighted by atomic mass is 10.1. The predicted molar refractivity (Wildman–Crippen MR) is 58.3 cm³/mol. The first-order valence-corrected chi connectivity index (χ1v) is 5.48. The molecular weight excluding hydrogens is 240 g/mol. The van der Waals surface area contributed by atoms with Crippen molar-refractivity contribution >= 4 is 11.0 Å². The highest BCUT2D eigenvalue weighted by Gasteiger charge is 2.43. The maximum Gasteiger partial charge on any atom is 0.184 e. The number of hydrogen-bond acceptors (Lipinski definition) is 7. The molecule has 1 aliphatic rings. The average Bonchev–Trinajstić information content (AvgIpc) is 2.92. The second kappa shape index (κ2) is 4.25. The van der Waals surface area contributed by atoms with E-state index in [1.807, 2.05) is 0 Å². The number of ether oxygens (including phenoxy) is 1. The topological polar surface area (TPSA) is 114 Å². The fourth-order valence-electron chi connectivity index (χ4n) is 2.02. The highest BCUT2D eigenvalue weighted by molar-refractivity contribution is 5.72. The van der Waals surface area contributed by atoms with E-state index in [0.717, 1.165) is 0 Å². The van der Waals surface area contributed by atoms with Crippen LogP contribution in [-0.2, 0) is 4.74 Å². The number of aromatic nitrogens is 4. The molecule has 1 aliphatic heterocycles. The lowest BCUT2D eigenvalue weighted by Gasteiger charge is -2.14. The summed E-state index contributed by atoms with van der Waals surface area (Å²) in [5, 5.41) is 33.4. The molecule has 8 heteroatoms. The summed E-state index contributed by atoms with van der Waals surface area (Å²) in [6, 6.07) is 0. The Bertz CT molecular complexity index is 527. The first-order chi connectivity index (χ1) is 8.70. The molecule has 1 saturated heterocycles. The Hall–Kier alpha value is -1.61. The van der Waals surface area contributed by atoms with Gasteiger partial charge in [0.15, 0.2) is 11.9 Å². The van der Waals surface area contributed by atoms with Gasteiger partial charge in [0, 0.05) is 12.4 Å². The molecule has 1 fully saturated rings. The zero-order chi connectivity index (χ0) is 12.7. The van der Waals surface area contributed by atoms with Crippen molar-refractivity contribution in [2.24, 2.45) is 0 Å². The first-order valence-electron chi connectivity index (χ1n) is 5.48. The summed E-state index contributed by atoms with van der Waals surface area (Å²) in [5.74, 6) is 0. The maximum absolute atomic E-state index is 9.85. The molecular formula is C10H12N4O4. The van der Waals surface area contributed by atoms with Crippen molar-refractivity contribution in [2.75, 3.05) is 6.61 Å². The molecule has 0 amide bonds. The quantitative estimate of drug-likeness (QED) is 0.592. The van der Waals surface area contributed by atoms with Gasteiger partial charge in [0.05, 0.1) is 12.0 Å². The van der Waals surface area contributed by atoms with Crippen molar-refractivity contribution < 1.29 is 20.1 Å². The van der Waals surface area contributed by atoms with Crippen molar-refractivity contribution in [1.29, 1.82) is 0 Å². The highest BCUT2D eigenvalue weighted by atomic mass is 16.6. The van der Waals surface area contributed by atoms with E-state index in [1.165, 1.54) is 11.0 Å². The van der Waals surface area contributed by atoms with Crippen LogP contribution in [0.1, 0.15) is 6.23 Å². The summed E-state index contributed by atoms with van der Waals surface area (Å²) < 4.78 is 6.73. The molecule has 0 saturated carbocycles. The summed E-state index contributed by atoms with van der Waals surface area (Å²) in [4.78, 5) is 7.83. The van der Waals surface area contributed by atoms with E-state index >= 15 is 0 Å². The van der Waals surface area contributed by atoms with E-state index in [-0.39, 0.29) is 6.61 Å². The van der Waals surface area contributed by atoms with Gasteiger partial charge >= 0.3 is 0 Å². The van der Waals surface area contributed by atoms with Crippen molar-refractivity contribution in [2.45, 2.75) is 24.5 Å². The molecule has 4 atom stereocenters. The van der Waals surface area contributed by atoms with Gasteiger partial charge < -0.3 is 20.1 Å². The molecule has 1 unspecified atom stereocenters. The summed E-state index contributed by atoms with van der Waals surface area (Å²) in [6.07, 6.45) is 0.636. The molecule has 3 N–H and O–H groups in total. The Morgan fingerprint density at radius 1 is 1.33 bits per heavy atom. The number of fused-ring (bicyclic) bond motifs is 1. The Morgan fingerprint density at radius 3 is 2.83 bits per heavy atom. The third-order valence-electron chi connectivity index (χ3n) is 2.98. The van der Waals surface area contributed by atoms with Gasteiger partial charge in [0.25, 0.3) is 0 Å². The Balaban J connectivity index is 1.95. The van der Waals surface area contributed by atoms with E-state index in [0.29, 0.717) is 11.0 Å². The second-order valence-corrected chi connectivity index (χ2v) is 4.14. The van der Waals surface area contributed by atoms with Crippen LogP contribution in [0.2, 0.25) is 0 Å². The molecule has 18 heavy (non-hydrogen) atoms. The van der Waals surface area contributed by atoms with E-state index in [9.17, 15) is 10.2 Å². The first kappa shape index (κ1) is 11.5. The summed E-state index contributed by atoms with van der Waals surface area (Å²) in [7, 11) is 0. The van der Waals surface area contributed by atoms with Crippen LogP contribution in [0, 0.1) is 0 Å². The number of nitrogens with zero attached hydrogens (tertiary/aromatic N) is 4. The van der Waals surface area contributed by atoms with Gasteiger partial charge in [-0.2, -0.15) is 0 Å². The molecule has 0 radical (unpaired) electrons. The molecule has 8 nitrogen and oxygen atoms in total. The molecule has 0 spiro atoms. The Labute approximate surface area is 101 Å². The van der Waals surface area contributed by atoms with Crippen LogP contribution in [0.5, 0.6) is 0 Å². The molecule has 0 aliphatic carbocycles. The molecule has 2 aromatic heterocycles. The lowest BCUT2D eigenvalue weighted by molar-refractivity contribution is -0.0583. The van der Waals surface area contributed by atoms with Crippen molar-refractivity contribution in [1.82, 2.24) is 19.7 Å². The normalized spacial score (nSPS) is 32.2. The third-order valence-corrected chi connectivity index (χ3v) is 2.98. The largest absolute Gasteiger partial charge is 0.394 e. The average molecular weight is 252 g/mol. The molecule has 96 valence electrons. The minimum Gasteiger partial charge on any atom is -0.394 e. The maximum atomic E-state index is 9.85. The van der Waals surface area contributed by atoms with Crippen LogP contribution >= 0.6 is 0 Å². The fraction of sp³-hybridized carbons (Fsp3) is 0.500. The van der Waals surface area contributed by atoms with E-state index < -0.39 is 24.5 Å². The highest BCUT2D eigenvalue weighted by Crippen LogP contribution is 2.29. The fourth-order valence-corrected chi connectivity index (χ4v) is 2.02. The van der Waals surface area contributed by atoms with Gasteiger partial charge in [-0.15, -0.1) is 5.10 Å². The monoisotopic (exact) mass is 252 g/mol. The predicted octanol–water partition coefficient (Wildman–Crippen LogP) is -1.56. The van der Waals surface area contributed by atoms with Gasteiger partial charge in [-0.05, 0) is 0 Å². The summed E-state index contributed by atoms with van der Waals surface area (Å²) >= 11 is 0. The zero-order valence-electron chi connectivity index (χ0n) is 9.29. The standard InChI is InChI=1S/C10H12N4O4/c15-3-6-7(16)8(17)10(18-6)14-2-5-1-11-4-12-9(5)13-14/h1-2,4,6-8,10,15-17H,3H2/t6-,7-,8-,10?/m1/s1. The SMILES string of the molecule is OC[C@H]1OC(n2cc3cncnc3n2)[C@H](O)[C@@H]1O. The molecule has 3 heterocycles. The third kappa shape index (κ3) is 1.66. The van der Waals surface area contributed by atoms with Gasteiger partial charge in [0.2, 0.25) is 0 Å². The smallest absolute Gasteiger partial charge is 0.184 e. The molecule has 2 aromatic rings. The van der Waals surface area contributed by atoms with Crippen LogP contribution in [0.25, 0.3) is 11.0 Å².